The highest BCUT2D eigenvalue weighted by atomic mass is 16.5. The third kappa shape index (κ3) is 5.77. The maximum atomic E-state index is 13.4. The number of rotatable bonds is 6. The van der Waals surface area contributed by atoms with Gasteiger partial charge in [0.05, 0.1) is 7.11 Å². The Morgan fingerprint density at radius 3 is 2.03 bits per heavy atom. The van der Waals surface area contributed by atoms with Crippen LogP contribution in [0.4, 0.5) is 0 Å². The first-order valence-electron chi connectivity index (χ1n) is 11.4. The van der Waals surface area contributed by atoms with Crippen molar-refractivity contribution in [3.63, 3.8) is 0 Å². The maximum Gasteiger partial charge on any atom is 0.251 e. The summed E-state index contributed by atoms with van der Waals surface area (Å²) in [6.07, 6.45) is 4.58. The summed E-state index contributed by atoms with van der Waals surface area (Å²) >= 11 is 0. The fourth-order valence-corrected chi connectivity index (χ4v) is 4.48. The summed E-state index contributed by atoms with van der Waals surface area (Å²) in [5, 5.41) is 3.03. The number of hydrogen-bond acceptors (Lipinski definition) is 4. The standard InChI is InChI=1S/C24H35N3O4/c1-17(2)23(29)27-15-11-18(12-16-27)21(24(30)26-13-5-4-6-14-26)25-22(28)19-7-9-20(31-3)10-8-19/h7-10,17-18,21H,4-6,11-16H2,1-3H3,(H,25,28)/t21-/m1/s1. The second kappa shape index (κ2) is 10.6. The largest absolute Gasteiger partial charge is 0.497 e. The Balaban J connectivity index is 1.72. The molecule has 0 unspecified atom stereocenters. The second-order valence-corrected chi connectivity index (χ2v) is 8.88. The number of nitrogens with zero attached hydrogens (tertiary/aromatic N) is 2. The zero-order valence-corrected chi connectivity index (χ0v) is 18.9. The van der Waals surface area contributed by atoms with Gasteiger partial charge in [-0.25, -0.2) is 0 Å². The molecule has 1 atom stereocenters. The Bertz CT molecular complexity index is 764. The average molecular weight is 430 g/mol. The van der Waals surface area contributed by atoms with Gasteiger partial charge in [-0.2, -0.15) is 0 Å². The van der Waals surface area contributed by atoms with Crippen LogP contribution in [0, 0.1) is 11.8 Å². The van der Waals surface area contributed by atoms with Crippen LogP contribution >= 0.6 is 0 Å². The quantitative estimate of drug-likeness (QED) is 0.754. The number of amides is 3. The van der Waals surface area contributed by atoms with Crippen molar-refractivity contribution in [3.05, 3.63) is 29.8 Å². The van der Waals surface area contributed by atoms with Crippen molar-refractivity contribution >= 4 is 17.7 Å². The minimum absolute atomic E-state index is 0.00944. The van der Waals surface area contributed by atoms with Crippen LogP contribution in [0.15, 0.2) is 24.3 Å². The van der Waals surface area contributed by atoms with Crippen molar-refractivity contribution < 1.29 is 19.1 Å². The monoisotopic (exact) mass is 429 g/mol. The Labute approximate surface area is 185 Å². The first-order valence-corrected chi connectivity index (χ1v) is 11.4. The van der Waals surface area contributed by atoms with E-state index >= 15 is 0 Å². The molecule has 2 saturated heterocycles. The molecule has 170 valence electrons. The van der Waals surface area contributed by atoms with Gasteiger partial charge in [0.15, 0.2) is 0 Å². The number of piperidine rings is 2. The van der Waals surface area contributed by atoms with E-state index < -0.39 is 6.04 Å². The van der Waals surface area contributed by atoms with E-state index in [1.807, 2.05) is 23.6 Å². The maximum absolute atomic E-state index is 13.4. The van der Waals surface area contributed by atoms with Crippen molar-refractivity contribution in [2.75, 3.05) is 33.3 Å². The molecule has 7 nitrogen and oxygen atoms in total. The normalized spacial score (nSPS) is 18.6. The minimum Gasteiger partial charge on any atom is -0.497 e. The van der Waals surface area contributed by atoms with Crippen LogP contribution in [-0.2, 0) is 9.59 Å². The van der Waals surface area contributed by atoms with E-state index in [9.17, 15) is 14.4 Å². The fraction of sp³-hybridized carbons (Fsp3) is 0.625. The van der Waals surface area contributed by atoms with Gasteiger partial charge in [0.2, 0.25) is 11.8 Å². The molecule has 0 saturated carbocycles. The molecule has 3 amide bonds. The molecule has 0 aliphatic carbocycles. The van der Waals surface area contributed by atoms with E-state index in [2.05, 4.69) is 5.32 Å². The Morgan fingerprint density at radius 1 is 0.903 bits per heavy atom. The molecule has 31 heavy (non-hydrogen) atoms. The molecule has 2 heterocycles. The smallest absolute Gasteiger partial charge is 0.251 e. The summed E-state index contributed by atoms with van der Waals surface area (Å²) in [6, 6.07) is 6.34. The van der Waals surface area contributed by atoms with Gasteiger partial charge >= 0.3 is 0 Å². The predicted octanol–water partition coefficient (Wildman–Crippen LogP) is 2.70. The van der Waals surface area contributed by atoms with Crippen molar-refractivity contribution in [1.82, 2.24) is 15.1 Å². The number of methoxy groups -OCH3 is 1. The molecule has 0 bridgehead atoms. The van der Waals surface area contributed by atoms with Crippen molar-refractivity contribution in [1.29, 1.82) is 0 Å². The van der Waals surface area contributed by atoms with Crippen molar-refractivity contribution in [3.8, 4) is 5.75 Å². The number of benzene rings is 1. The van der Waals surface area contributed by atoms with Gasteiger partial charge in [-0.05, 0) is 62.3 Å². The topological polar surface area (TPSA) is 79.0 Å². The van der Waals surface area contributed by atoms with Crippen molar-refractivity contribution in [2.45, 2.75) is 52.0 Å². The van der Waals surface area contributed by atoms with Crippen LogP contribution in [-0.4, -0.2) is 66.9 Å². The van der Waals surface area contributed by atoms with Crippen LogP contribution < -0.4 is 10.1 Å². The lowest BCUT2D eigenvalue weighted by Crippen LogP contribution is -2.55. The molecule has 3 rings (SSSR count). The highest BCUT2D eigenvalue weighted by Crippen LogP contribution is 2.25. The van der Waals surface area contributed by atoms with Gasteiger partial charge in [0.25, 0.3) is 5.91 Å². The lowest BCUT2D eigenvalue weighted by atomic mass is 9.87. The van der Waals surface area contributed by atoms with Gasteiger partial charge in [-0.15, -0.1) is 0 Å². The molecule has 0 spiro atoms. The lowest BCUT2D eigenvalue weighted by molar-refractivity contribution is -0.138. The van der Waals surface area contributed by atoms with Crippen LogP contribution in [0.25, 0.3) is 0 Å². The van der Waals surface area contributed by atoms with E-state index in [0.717, 1.165) is 32.4 Å². The number of carbonyl (C=O) groups excluding carboxylic acids is 3. The van der Waals surface area contributed by atoms with E-state index in [-0.39, 0.29) is 29.6 Å². The van der Waals surface area contributed by atoms with Crippen molar-refractivity contribution in [2.24, 2.45) is 11.8 Å². The molecule has 1 aromatic carbocycles. The number of hydrogen-bond donors (Lipinski definition) is 1. The van der Waals surface area contributed by atoms with Crippen LogP contribution in [0.1, 0.15) is 56.3 Å². The summed E-state index contributed by atoms with van der Waals surface area (Å²) in [7, 11) is 1.58. The number of carbonyl (C=O) groups is 3. The van der Waals surface area contributed by atoms with Crippen LogP contribution in [0.5, 0.6) is 5.75 Å². The summed E-state index contributed by atoms with van der Waals surface area (Å²) in [5.74, 6) is 0.582. The highest BCUT2D eigenvalue weighted by Gasteiger charge is 2.36. The van der Waals surface area contributed by atoms with Gasteiger partial charge in [-0.1, -0.05) is 13.8 Å². The molecule has 0 radical (unpaired) electrons. The third-order valence-corrected chi connectivity index (χ3v) is 6.39. The summed E-state index contributed by atoms with van der Waals surface area (Å²) in [5.41, 5.74) is 0.504. The molecule has 0 aromatic heterocycles. The number of ether oxygens (including phenoxy) is 1. The average Bonchev–Trinajstić information content (AvgIpc) is 2.82. The Morgan fingerprint density at radius 2 is 1.48 bits per heavy atom. The molecular weight excluding hydrogens is 394 g/mol. The van der Waals surface area contributed by atoms with Gasteiger partial charge in [-0.3, -0.25) is 14.4 Å². The summed E-state index contributed by atoms with van der Waals surface area (Å²) in [4.78, 5) is 42.5. The minimum atomic E-state index is -0.566. The summed E-state index contributed by atoms with van der Waals surface area (Å²) in [6.45, 7) is 6.57. The van der Waals surface area contributed by atoms with Gasteiger partial charge < -0.3 is 19.9 Å². The first kappa shape index (κ1) is 23.1. The molecular formula is C24H35N3O4. The second-order valence-electron chi connectivity index (χ2n) is 8.88. The van der Waals surface area contributed by atoms with Gasteiger partial charge in [0.1, 0.15) is 11.8 Å². The van der Waals surface area contributed by atoms with Crippen LogP contribution in [0.3, 0.4) is 0 Å². The van der Waals surface area contributed by atoms with Gasteiger partial charge in [0, 0.05) is 37.7 Å². The van der Waals surface area contributed by atoms with Crippen LogP contribution in [0.2, 0.25) is 0 Å². The summed E-state index contributed by atoms with van der Waals surface area (Å²) < 4.78 is 5.16. The SMILES string of the molecule is COc1ccc(C(=O)N[C@@H](C(=O)N2CCCCC2)C2CCN(C(=O)C(C)C)CC2)cc1. The highest BCUT2D eigenvalue weighted by molar-refractivity contribution is 5.97. The molecule has 7 heteroatoms. The molecule has 1 aromatic rings. The number of likely N-dealkylation sites (tertiary alicyclic amines) is 2. The Hall–Kier alpha value is -2.57. The first-order chi connectivity index (χ1) is 14.9. The zero-order chi connectivity index (χ0) is 22.4. The van der Waals surface area contributed by atoms with E-state index in [1.54, 1.807) is 31.4 Å². The van der Waals surface area contributed by atoms with E-state index in [1.165, 1.54) is 0 Å². The van der Waals surface area contributed by atoms with E-state index in [0.29, 0.717) is 37.2 Å². The number of nitrogens with one attached hydrogen (secondary N) is 1. The molecule has 2 fully saturated rings. The fourth-order valence-electron chi connectivity index (χ4n) is 4.48. The molecule has 1 N–H and O–H groups in total. The zero-order valence-electron chi connectivity index (χ0n) is 18.9. The third-order valence-electron chi connectivity index (χ3n) is 6.39. The lowest BCUT2D eigenvalue weighted by Gasteiger charge is -2.39. The van der Waals surface area contributed by atoms with E-state index in [4.69, 9.17) is 4.74 Å². The molecule has 2 aliphatic heterocycles. The predicted molar refractivity (Wildman–Crippen MR) is 119 cm³/mol. The molecule has 2 aliphatic rings. The Kier molecular flexibility index (Phi) is 7.93.